The van der Waals surface area contributed by atoms with Crippen molar-refractivity contribution in [3.8, 4) is 0 Å². The molecule has 2 amide bonds. The lowest BCUT2D eigenvalue weighted by Gasteiger charge is -2.21. The lowest BCUT2D eigenvalue weighted by molar-refractivity contribution is -0.117. The highest BCUT2D eigenvalue weighted by molar-refractivity contribution is 8.00. The second kappa shape index (κ2) is 9.13. The maximum atomic E-state index is 12.4. The van der Waals surface area contributed by atoms with E-state index in [4.69, 9.17) is 4.42 Å². The predicted molar refractivity (Wildman–Crippen MR) is 108 cm³/mol. The fourth-order valence-electron chi connectivity index (χ4n) is 3.21. The number of aryl methyl sites for hydroxylation is 1. The van der Waals surface area contributed by atoms with Crippen LogP contribution in [0.25, 0.3) is 0 Å². The van der Waals surface area contributed by atoms with Crippen molar-refractivity contribution in [2.45, 2.75) is 62.1 Å². The van der Waals surface area contributed by atoms with Crippen LogP contribution in [-0.4, -0.2) is 23.1 Å². The minimum Gasteiger partial charge on any atom is -0.459 e. The van der Waals surface area contributed by atoms with E-state index in [9.17, 15) is 9.59 Å². The molecule has 2 aromatic rings. The lowest BCUT2D eigenvalue weighted by atomic mass is 10.0. The summed E-state index contributed by atoms with van der Waals surface area (Å²) < 4.78 is 5.04. The first-order valence-corrected chi connectivity index (χ1v) is 10.3. The van der Waals surface area contributed by atoms with E-state index in [2.05, 4.69) is 22.8 Å². The summed E-state index contributed by atoms with van der Waals surface area (Å²) in [6, 6.07) is 8.66. The van der Waals surface area contributed by atoms with Gasteiger partial charge >= 0.3 is 0 Å². The van der Waals surface area contributed by atoms with Crippen molar-refractivity contribution in [2.24, 2.45) is 0 Å². The fraction of sp³-hybridized carbons (Fsp3) is 0.429. The third kappa shape index (κ3) is 5.39. The van der Waals surface area contributed by atoms with Crippen LogP contribution in [0.4, 0.5) is 5.69 Å². The lowest BCUT2D eigenvalue weighted by Crippen LogP contribution is -2.41. The molecule has 2 N–H and O–H groups in total. The van der Waals surface area contributed by atoms with Crippen LogP contribution >= 0.6 is 11.8 Å². The van der Waals surface area contributed by atoms with Gasteiger partial charge in [0.15, 0.2) is 5.76 Å². The van der Waals surface area contributed by atoms with Gasteiger partial charge < -0.3 is 15.1 Å². The summed E-state index contributed by atoms with van der Waals surface area (Å²) in [5, 5.41) is 6.24. The minimum atomic E-state index is -0.668. The van der Waals surface area contributed by atoms with Crippen molar-refractivity contribution in [3.05, 3.63) is 47.9 Å². The van der Waals surface area contributed by atoms with Crippen LogP contribution in [0, 0.1) is 6.92 Å². The highest BCUT2D eigenvalue weighted by Crippen LogP contribution is 2.34. The Bertz CT molecular complexity index is 783. The van der Waals surface area contributed by atoms with E-state index in [0.717, 1.165) is 11.3 Å². The number of carbonyl (C=O) groups is 2. The molecule has 144 valence electrons. The number of amides is 2. The van der Waals surface area contributed by atoms with Crippen molar-refractivity contribution in [1.29, 1.82) is 0 Å². The molecule has 3 rings (SSSR count). The van der Waals surface area contributed by atoms with Crippen LogP contribution in [0.5, 0.6) is 0 Å². The topological polar surface area (TPSA) is 71.3 Å². The zero-order valence-corrected chi connectivity index (χ0v) is 16.6. The van der Waals surface area contributed by atoms with E-state index in [1.165, 1.54) is 43.3 Å². The van der Waals surface area contributed by atoms with E-state index in [1.54, 1.807) is 19.1 Å². The Hall–Kier alpha value is -2.21. The number of benzene rings is 1. The van der Waals surface area contributed by atoms with Gasteiger partial charge in [-0.25, -0.2) is 0 Å². The minimum absolute atomic E-state index is 0.190. The molecule has 1 saturated carbocycles. The monoisotopic (exact) mass is 386 g/mol. The molecule has 1 aliphatic rings. The van der Waals surface area contributed by atoms with Crippen molar-refractivity contribution < 1.29 is 14.0 Å². The van der Waals surface area contributed by atoms with Gasteiger partial charge in [-0.15, -0.1) is 11.8 Å². The van der Waals surface area contributed by atoms with Gasteiger partial charge in [-0.3, -0.25) is 9.59 Å². The van der Waals surface area contributed by atoms with Gasteiger partial charge in [-0.05, 0) is 62.6 Å². The van der Waals surface area contributed by atoms with Gasteiger partial charge in [0.1, 0.15) is 6.04 Å². The molecule has 6 heteroatoms. The number of furan rings is 1. The highest BCUT2D eigenvalue weighted by atomic mass is 32.2. The average molecular weight is 387 g/mol. The number of carbonyl (C=O) groups excluding carboxylic acids is 2. The summed E-state index contributed by atoms with van der Waals surface area (Å²) in [5.41, 5.74) is 1.79. The van der Waals surface area contributed by atoms with Crippen LogP contribution < -0.4 is 10.6 Å². The molecule has 1 fully saturated rings. The molecule has 1 aromatic carbocycles. The Morgan fingerprint density at radius 1 is 1.19 bits per heavy atom. The SMILES string of the molecule is Cc1cc(SC2CCCCC2)ccc1NC(=O)C(C)NC(=O)c1ccco1. The summed E-state index contributed by atoms with van der Waals surface area (Å²) in [5.74, 6) is -0.473. The molecular formula is C21H26N2O3S. The van der Waals surface area contributed by atoms with Crippen molar-refractivity contribution in [1.82, 2.24) is 5.32 Å². The number of anilines is 1. The van der Waals surface area contributed by atoms with Gasteiger partial charge in [0.25, 0.3) is 5.91 Å². The molecule has 1 aromatic heterocycles. The summed E-state index contributed by atoms with van der Waals surface area (Å²) in [4.78, 5) is 25.6. The first kappa shape index (κ1) is 19.5. The fourth-order valence-corrected chi connectivity index (χ4v) is 4.55. The molecular weight excluding hydrogens is 360 g/mol. The number of rotatable bonds is 6. The Labute approximate surface area is 164 Å². The van der Waals surface area contributed by atoms with Crippen molar-refractivity contribution in [3.63, 3.8) is 0 Å². The summed E-state index contributed by atoms with van der Waals surface area (Å²) in [6.07, 6.45) is 8.01. The van der Waals surface area contributed by atoms with Crippen LogP contribution in [-0.2, 0) is 4.79 Å². The zero-order valence-electron chi connectivity index (χ0n) is 15.8. The van der Waals surface area contributed by atoms with Gasteiger partial charge in [-0.1, -0.05) is 19.3 Å². The second-order valence-electron chi connectivity index (χ2n) is 7.02. The Morgan fingerprint density at radius 2 is 1.96 bits per heavy atom. The highest BCUT2D eigenvalue weighted by Gasteiger charge is 2.19. The largest absolute Gasteiger partial charge is 0.459 e. The van der Waals surface area contributed by atoms with Crippen molar-refractivity contribution >= 4 is 29.3 Å². The van der Waals surface area contributed by atoms with Crippen molar-refractivity contribution in [2.75, 3.05) is 5.32 Å². The Balaban J connectivity index is 1.56. The van der Waals surface area contributed by atoms with Gasteiger partial charge in [0, 0.05) is 15.8 Å². The maximum absolute atomic E-state index is 12.4. The summed E-state index contributed by atoms with van der Waals surface area (Å²) in [7, 11) is 0. The smallest absolute Gasteiger partial charge is 0.287 e. The van der Waals surface area contributed by atoms with E-state index in [1.807, 2.05) is 24.8 Å². The van der Waals surface area contributed by atoms with Crippen LogP contribution in [0.2, 0.25) is 0 Å². The Kier molecular flexibility index (Phi) is 6.61. The zero-order chi connectivity index (χ0) is 19.2. The van der Waals surface area contributed by atoms with Gasteiger partial charge in [0.2, 0.25) is 5.91 Å². The third-order valence-electron chi connectivity index (χ3n) is 4.80. The number of hydrogen-bond donors (Lipinski definition) is 2. The van der Waals surface area contributed by atoms with Crippen LogP contribution in [0.3, 0.4) is 0 Å². The average Bonchev–Trinajstić information content (AvgIpc) is 3.19. The van der Waals surface area contributed by atoms with E-state index in [-0.39, 0.29) is 11.7 Å². The molecule has 1 aliphatic carbocycles. The maximum Gasteiger partial charge on any atom is 0.287 e. The third-order valence-corrected chi connectivity index (χ3v) is 6.13. The molecule has 0 radical (unpaired) electrons. The molecule has 27 heavy (non-hydrogen) atoms. The molecule has 5 nitrogen and oxygen atoms in total. The first-order chi connectivity index (χ1) is 13.0. The quantitative estimate of drug-likeness (QED) is 0.750. The van der Waals surface area contributed by atoms with E-state index in [0.29, 0.717) is 5.25 Å². The molecule has 0 bridgehead atoms. The predicted octanol–water partition coefficient (Wildman–Crippen LogP) is 4.77. The summed E-state index contributed by atoms with van der Waals surface area (Å²) in [6.45, 7) is 3.64. The standard InChI is InChI=1S/C21H26N2O3S/c1-14-13-17(27-16-7-4-3-5-8-16)10-11-18(14)23-20(24)15(2)22-21(25)19-9-6-12-26-19/h6,9-13,15-16H,3-5,7-8H2,1-2H3,(H,22,25)(H,23,24). The Morgan fingerprint density at radius 3 is 2.63 bits per heavy atom. The molecule has 1 heterocycles. The molecule has 0 saturated heterocycles. The molecule has 1 atom stereocenters. The second-order valence-corrected chi connectivity index (χ2v) is 8.39. The van der Waals surface area contributed by atoms with Gasteiger partial charge in [-0.2, -0.15) is 0 Å². The molecule has 0 aliphatic heterocycles. The number of nitrogens with one attached hydrogen (secondary N) is 2. The summed E-state index contributed by atoms with van der Waals surface area (Å²) >= 11 is 1.94. The first-order valence-electron chi connectivity index (χ1n) is 9.45. The normalized spacial score (nSPS) is 15.9. The molecule has 1 unspecified atom stereocenters. The number of hydrogen-bond acceptors (Lipinski definition) is 4. The van der Waals surface area contributed by atoms with Crippen LogP contribution in [0.1, 0.15) is 55.1 Å². The van der Waals surface area contributed by atoms with E-state index < -0.39 is 11.9 Å². The van der Waals surface area contributed by atoms with Crippen LogP contribution in [0.15, 0.2) is 45.9 Å². The number of thioether (sulfide) groups is 1. The van der Waals surface area contributed by atoms with Gasteiger partial charge in [0.05, 0.1) is 6.26 Å². The molecule has 0 spiro atoms. The van der Waals surface area contributed by atoms with E-state index >= 15 is 0 Å².